The van der Waals surface area contributed by atoms with Gasteiger partial charge in [-0.25, -0.2) is 9.59 Å². The monoisotopic (exact) mass is 449 g/mol. The second kappa shape index (κ2) is 9.21. The van der Waals surface area contributed by atoms with E-state index in [1.54, 1.807) is 13.0 Å². The number of carbonyl (C=O) groups is 2. The molecule has 0 bridgehead atoms. The van der Waals surface area contributed by atoms with E-state index in [0.717, 1.165) is 12.0 Å². The third kappa shape index (κ3) is 5.33. The number of thioether (sulfide) groups is 1. The molecule has 0 fully saturated rings. The first-order valence-corrected chi connectivity index (χ1v) is 11.4. The first-order chi connectivity index (χ1) is 14.6. The lowest BCUT2D eigenvalue weighted by molar-refractivity contribution is -0.142. The lowest BCUT2D eigenvalue weighted by atomic mass is 9.92. The summed E-state index contributed by atoms with van der Waals surface area (Å²) in [5.41, 5.74) is 1.01. The Balaban J connectivity index is 1.89. The molecule has 1 aromatic heterocycles. The zero-order valence-electron chi connectivity index (χ0n) is 18.1. The number of rotatable bonds is 8. The number of nitrogens with one attached hydrogen (secondary N) is 1. The second-order valence-electron chi connectivity index (χ2n) is 8.19. The van der Waals surface area contributed by atoms with Crippen LogP contribution in [0.2, 0.25) is 0 Å². The lowest BCUT2D eigenvalue weighted by Crippen LogP contribution is -2.43. The van der Waals surface area contributed by atoms with E-state index in [1.807, 2.05) is 20.1 Å². The summed E-state index contributed by atoms with van der Waals surface area (Å²) in [4.78, 5) is 35.7. The zero-order valence-corrected chi connectivity index (χ0v) is 18.9. The summed E-state index contributed by atoms with van der Waals surface area (Å²) in [6, 6.07) is 2.10. The number of carbonyl (C=O) groups excluding carboxylic acids is 1. The molecule has 3 rings (SSSR count). The summed E-state index contributed by atoms with van der Waals surface area (Å²) in [6.07, 6.45) is 3.63. The third-order valence-electron chi connectivity index (χ3n) is 5.20. The predicted molar refractivity (Wildman–Crippen MR) is 118 cm³/mol. The molecule has 8 nitrogen and oxygen atoms in total. The molecule has 1 amide bonds. The molecular formula is C22H27NO7S. The molecule has 0 spiro atoms. The molecule has 2 aromatic rings. The summed E-state index contributed by atoms with van der Waals surface area (Å²) >= 11 is 1.51. The third-order valence-corrected chi connectivity index (χ3v) is 5.85. The Hall–Kier alpha value is -2.68. The Kier molecular flexibility index (Phi) is 6.83. The van der Waals surface area contributed by atoms with Crippen molar-refractivity contribution in [2.45, 2.75) is 51.7 Å². The molecule has 1 unspecified atom stereocenters. The molecule has 2 heterocycles. The van der Waals surface area contributed by atoms with Gasteiger partial charge in [0.05, 0.1) is 5.39 Å². The van der Waals surface area contributed by atoms with Crippen molar-refractivity contribution in [2.24, 2.45) is 0 Å². The highest BCUT2D eigenvalue weighted by Gasteiger charge is 2.30. The molecule has 2 N–H and O–H groups in total. The summed E-state index contributed by atoms with van der Waals surface area (Å²) in [7, 11) is 0. The van der Waals surface area contributed by atoms with Crippen LogP contribution < -0.4 is 20.4 Å². The van der Waals surface area contributed by atoms with E-state index in [9.17, 15) is 19.5 Å². The Morgan fingerprint density at radius 1 is 1.35 bits per heavy atom. The van der Waals surface area contributed by atoms with Gasteiger partial charge in [0, 0.05) is 17.7 Å². The van der Waals surface area contributed by atoms with Crippen LogP contribution in [0.5, 0.6) is 11.5 Å². The van der Waals surface area contributed by atoms with Gasteiger partial charge < -0.3 is 24.3 Å². The maximum Gasteiger partial charge on any atom is 0.336 e. The minimum atomic E-state index is -1.09. The number of hydrogen-bond donors (Lipinski definition) is 2. The van der Waals surface area contributed by atoms with Crippen LogP contribution in [0.4, 0.5) is 0 Å². The van der Waals surface area contributed by atoms with E-state index in [0.29, 0.717) is 46.6 Å². The van der Waals surface area contributed by atoms with Crippen LogP contribution in [0.25, 0.3) is 11.0 Å². The van der Waals surface area contributed by atoms with E-state index in [4.69, 9.17) is 13.9 Å². The fraction of sp³-hybridized carbons (Fsp3) is 0.500. The quantitative estimate of drug-likeness (QED) is 0.591. The smallest absolute Gasteiger partial charge is 0.336 e. The number of carboxylic acids is 1. The van der Waals surface area contributed by atoms with Gasteiger partial charge >= 0.3 is 11.6 Å². The average Bonchev–Trinajstić information content (AvgIpc) is 2.67. The SMILES string of the molecule is CSCCC(NC(=O)COc1cc2c(c3oc(=O)cc(C)c13)CCC(C)(C)O2)C(=O)O. The van der Waals surface area contributed by atoms with E-state index in [1.165, 1.54) is 17.8 Å². The lowest BCUT2D eigenvalue weighted by Gasteiger charge is -2.33. The van der Waals surface area contributed by atoms with Crippen LogP contribution >= 0.6 is 11.8 Å². The first-order valence-electron chi connectivity index (χ1n) is 10.0. The number of benzene rings is 1. The predicted octanol–water partition coefficient (Wildman–Crippen LogP) is 2.91. The van der Waals surface area contributed by atoms with Gasteiger partial charge in [0.1, 0.15) is 28.7 Å². The molecule has 0 aliphatic carbocycles. The average molecular weight is 450 g/mol. The molecule has 31 heavy (non-hydrogen) atoms. The number of carboxylic acid groups (broad SMARTS) is 1. The maximum atomic E-state index is 12.4. The number of amides is 1. The molecule has 1 aromatic carbocycles. The fourth-order valence-corrected chi connectivity index (χ4v) is 4.08. The molecule has 168 valence electrons. The van der Waals surface area contributed by atoms with E-state index < -0.39 is 23.5 Å². The Morgan fingerprint density at radius 2 is 2.10 bits per heavy atom. The van der Waals surface area contributed by atoms with Crippen LogP contribution in [0.3, 0.4) is 0 Å². The standard InChI is InChI=1S/C22H27NO7S/c1-12-9-18(25)29-20-13-5-7-22(2,3)30-15(13)10-16(19(12)20)28-11-17(24)23-14(21(26)27)6-8-31-4/h9-10,14H,5-8,11H2,1-4H3,(H,23,24)(H,26,27). The maximum absolute atomic E-state index is 12.4. The molecule has 0 radical (unpaired) electrons. The van der Waals surface area contributed by atoms with Crippen molar-refractivity contribution < 1.29 is 28.6 Å². The first kappa shape index (κ1) is 23.0. The van der Waals surface area contributed by atoms with Crippen LogP contribution in [0.15, 0.2) is 21.3 Å². The summed E-state index contributed by atoms with van der Waals surface area (Å²) in [5, 5.41) is 12.4. The van der Waals surface area contributed by atoms with Crippen molar-refractivity contribution in [1.82, 2.24) is 5.32 Å². The number of aliphatic carboxylic acids is 1. The van der Waals surface area contributed by atoms with Gasteiger partial charge in [-0.2, -0.15) is 11.8 Å². The van der Waals surface area contributed by atoms with E-state index in [2.05, 4.69) is 5.32 Å². The van der Waals surface area contributed by atoms with Crippen LogP contribution in [0, 0.1) is 6.92 Å². The minimum Gasteiger partial charge on any atom is -0.487 e. The summed E-state index contributed by atoms with van der Waals surface area (Å²) in [6.45, 7) is 5.34. The van der Waals surface area contributed by atoms with Crippen molar-refractivity contribution in [3.8, 4) is 11.5 Å². The molecule has 0 saturated carbocycles. The van der Waals surface area contributed by atoms with Gasteiger partial charge in [-0.05, 0) is 57.6 Å². The van der Waals surface area contributed by atoms with Crippen molar-refractivity contribution in [1.29, 1.82) is 0 Å². The van der Waals surface area contributed by atoms with Crippen LogP contribution in [-0.2, 0) is 16.0 Å². The fourth-order valence-electron chi connectivity index (χ4n) is 3.61. The van der Waals surface area contributed by atoms with Crippen LogP contribution in [0.1, 0.15) is 37.8 Å². The highest BCUT2D eigenvalue weighted by atomic mass is 32.2. The largest absolute Gasteiger partial charge is 0.487 e. The van der Waals surface area contributed by atoms with Crippen molar-refractivity contribution >= 4 is 34.6 Å². The number of hydrogen-bond acceptors (Lipinski definition) is 7. The Labute approximate surface area is 184 Å². The van der Waals surface area contributed by atoms with E-state index in [-0.39, 0.29) is 12.2 Å². The molecular weight excluding hydrogens is 422 g/mol. The molecule has 1 atom stereocenters. The second-order valence-corrected chi connectivity index (χ2v) is 9.18. The summed E-state index contributed by atoms with van der Waals surface area (Å²) < 4.78 is 17.3. The van der Waals surface area contributed by atoms with Gasteiger partial charge in [0.15, 0.2) is 6.61 Å². The zero-order chi connectivity index (χ0) is 22.8. The summed E-state index contributed by atoms with van der Waals surface area (Å²) in [5.74, 6) is -0.125. The molecule has 1 aliphatic rings. The Morgan fingerprint density at radius 3 is 2.77 bits per heavy atom. The number of fused-ring (bicyclic) bond motifs is 3. The highest BCUT2D eigenvalue weighted by molar-refractivity contribution is 7.98. The minimum absolute atomic E-state index is 0.317. The molecule has 9 heteroatoms. The van der Waals surface area contributed by atoms with Gasteiger partial charge in [-0.1, -0.05) is 0 Å². The normalized spacial score (nSPS) is 15.6. The van der Waals surface area contributed by atoms with Crippen molar-refractivity contribution in [3.05, 3.63) is 33.7 Å². The number of aryl methyl sites for hydroxylation is 2. The van der Waals surface area contributed by atoms with Gasteiger partial charge in [-0.3, -0.25) is 4.79 Å². The highest BCUT2D eigenvalue weighted by Crippen LogP contribution is 2.42. The topological polar surface area (TPSA) is 115 Å². The van der Waals surface area contributed by atoms with Gasteiger partial charge in [0.25, 0.3) is 5.91 Å². The molecule has 0 saturated heterocycles. The van der Waals surface area contributed by atoms with E-state index >= 15 is 0 Å². The van der Waals surface area contributed by atoms with Crippen molar-refractivity contribution in [3.63, 3.8) is 0 Å². The number of ether oxygens (including phenoxy) is 2. The molecule has 1 aliphatic heterocycles. The Bertz CT molecular complexity index is 1060. The van der Waals surface area contributed by atoms with Gasteiger partial charge in [0.2, 0.25) is 0 Å². The van der Waals surface area contributed by atoms with Crippen LogP contribution in [-0.4, -0.2) is 47.2 Å². The van der Waals surface area contributed by atoms with Gasteiger partial charge in [-0.15, -0.1) is 0 Å². The van der Waals surface area contributed by atoms with Crippen molar-refractivity contribution in [2.75, 3.05) is 18.6 Å².